The van der Waals surface area contributed by atoms with Crippen LogP contribution in [-0.4, -0.2) is 33.1 Å². The highest BCUT2D eigenvalue weighted by molar-refractivity contribution is 5.75. The molecule has 1 aromatic heterocycles. The molecule has 3 rings (SSSR count). The lowest BCUT2D eigenvalue weighted by atomic mass is 10.0. The molecule has 6 heteroatoms. The number of carbonyl (C=O) groups is 1. The van der Waals surface area contributed by atoms with Gasteiger partial charge in [0.15, 0.2) is 0 Å². The molecule has 5 nitrogen and oxygen atoms in total. The summed E-state index contributed by atoms with van der Waals surface area (Å²) in [7, 11) is 1.89. The second kappa shape index (κ2) is 7.68. The van der Waals surface area contributed by atoms with E-state index in [0.29, 0.717) is 0 Å². The third-order valence-corrected chi connectivity index (χ3v) is 4.95. The lowest BCUT2D eigenvalue weighted by Gasteiger charge is -2.36. The molecule has 0 spiro atoms. The van der Waals surface area contributed by atoms with Gasteiger partial charge < -0.3 is 14.8 Å². The first kappa shape index (κ1) is 17.5. The maximum Gasteiger partial charge on any atom is 0.318 e. The Morgan fingerprint density at radius 2 is 2.12 bits per heavy atom. The number of likely N-dealkylation sites (tertiary alicyclic amines) is 1. The fourth-order valence-corrected chi connectivity index (χ4v) is 3.51. The molecule has 0 saturated carbocycles. The Morgan fingerprint density at radius 3 is 2.76 bits per heavy atom. The Morgan fingerprint density at radius 1 is 1.36 bits per heavy atom. The Bertz CT molecular complexity index is 712. The van der Waals surface area contributed by atoms with Crippen LogP contribution in [0.4, 0.5) is 9.18 Å². The number of aryl methyl sites for hydroxylation is 1. The van der Waals surface area contributed by atoms with Crippen molar-refractivity contribution in [3.05, 3.63) is 53.9 Å². The average Bonchev–Trinajstić information content (AvgIpc) is 3.06. The first-order valence-electron chi connectivity index (χ1n) is 8.90. The number of aromatic nitrogens is 2. The highest BCUT2D eigenvalue weighted by atomic mass is 19.1. The fourth-order valence-electron chi connectivity index (χ4n) is 3.51. The summed E-state index contributed by atoms with van der Waals surface area (Å²) in [6.45, 7) is 2.90. The molecular formula is C19H25FN4O. The number of halogens is 1. The standard InChI is InChI=1S/C19H25FN4O/c1-3-16-6-4-5-12-24(16)19(25)22-17(18-21-11-13-23(18)2)14-7-9-15(20)10-8-14/h7-11,13,16-17H,3-6,12H2,1-2H3,(H,22,25). The van der Waals surface area contributed by atoms with Crippen molar-refractivity contribution in [1.29, 1.82) is 0 Å². The van der Waals surface area contributed by atoms with Crippen LogP contribution in [0, 0.1) is 5.82 Å². The van der Waals surface area contributed by atoms with Gasteiger partial charge in [-0.1, -0.05) is 19.1 Å². The van der Waals surface area contributed by atoms with E-state index in [1.165, 1.54) is 18.6 Å². The van der Waals surface area contributed by atoms with Crippen molar-refractivity contribution < 1.29 is 9.18 Å². The van der Waals surface area contributed by atoms with Crippen molar-refractivity contribution in [2.75, 3.05) is 6.54 Å². The van der Waals surface area contributed by atoms with Crippen LogP contribution in [0.15, 0.2) is 36.7 Å². The number of nitrogens with zero attached hydrogens (tertiary/aromatic N) is 3. The van der Waals surface area contributed by atoms with Crippen molar-refractivity contribution >= 4 is 6.03 Å². The second-order valence-electron chi connectivity index (χ2n) is 6.58. The molecule has 1 N–H and O–H groups in total. The molecule has 1 fully saturated rings. The van der Waals surface area contributed by atoms with Gasteiger partial charge in [-0.3, -0.25) is 0 Å². The van der Waals surface area contributed by atoms with Gasteiger partial charge in [-0.2, -0.15) is 0 Å². The SMILES string of the molecule is CCC1CCCCN1C(=O)NC(c1ccc(F)cc1)c1nccn1C. The predicted molar refractivity (Wildman–Crippen MR) is 94.6 cm³/mol. The van der Waals surface area contributed by atoms with E-state index in [2.05, 4.69) is 17.2 Å². The minimum absolute atomic E-state index is 0.0797. The Balaban J connectivity index is 1.86. The van der Waals surface area contributed by atoms with Crippen molar-refractivity contribution in [2.24, 2.45) is 7.05 Å². The molecule has 2 aromatic rings. The maximum atomic E-state index is 13.3. The number of nitrogens with one attached hydrogen (secondary N) is 1. The number of benzene rings is 1. The van der Waals surface area contributed by atoms with E-state index in [1.54, 1.807) is 18.3 Å². The van der Waals surface area contributed by atoms with Crippen LogP contribution in [-0.2, 0) is 7.05 Å². The molecule has 2 amide bonds. The molecule has 134 valence electrons. The van der Waals surface area contributed by atoms with Gasteiger partial charge in [0.25, 0.3) is 0 Å². The molecule has 1 aromatic carbocycles. The summed E-state index contributed by atoms with van der Waals surface area (Å²) in [5.41, 5.74) is 0.814. The van der Waals surface area contributed by atoms with Crippen molar-refractivity contribution in [1.82, 2.24) is 19.8 Å². The van der Waals surface area contributed by atoms with E-state index in [4.69, 9.17) is 0 Å². The van der Waals surface area contributed by atoms with Gasteiger partial charge in [0.1, 0.15) is 17.7 Å². The molecule has 2 heterocycles. The number of urea groups is 1. The molecule has 0 radical (unpaired) electrons. The van der Waals surface area contributed by atoms with Gasteiger partial charge in [0, 0.05) is 32.0 Å². The molecule has 0 aliphatic carbocycles. The number of piperidine rings is 1. The molecular weight excluding hydrogens is 319 g/mol. The van der Waals surface area contributed by atoms with Gasteiger partial charge in [-0.15, -0.1) is 0 Å². The summed E-state index contributed by atoms with van der Waals surface area (Å²) < 4.78 is 15.2. The first-order chi connectivity index (χ1) is 12.1. The third kappa shape index (κ3) is 3.83. The smallest absolute Gasteiger partial charge is 0.318 e. The normalized spacial score (nSPS) is 18.8. The van der Waals surface area contributed by atoms with Crippen LogP contribution in [0.5, 0.6) is 0 Å². The Labute approximate surface area is 147 Å². The maximum absolute atomic E-state index is 13.3. The topological polar surface area (TPSA) is 50.2 Å². The molecule has 1 aliphatic rings. The summed E-state index contributed by atoms with van der Waals surface area (Å²) in [6, 6.07) is 6.01. The van der Waals surface area contributed by atoms with Gasteiger partial charge in [-0.25, -0.2) is 14.2 Å². The van der Waals surface area contributed by atoms with E-state index in [1.807, 2.05) is 22.7 Å². The van der Waals surface area contributed by atoms with E-state index < -0.39 is 6.04 Å². The molecule has 1 aliphatic heterocycles. The van der Waals surface area contributed by atoms with Crippen LogP contribution in [0.1, 0.15) is 50.0 Å². The fraction of sp³-hybridized carbons (Fsp3) is 0.474. The van der Waals surface area contributed by atoms with Crippen LogP contribution in [0.25, 0.3) is 0 Å². The zero-order valence-electron chi connectivity index (χ0n) is 14.8. The quantitative estimate of drug-likeness (QED) is 0.921. The van der Waals surface area contributed by atoms with E-state index in [9.17, 15) is 9.18 Å². The summed E-state index contributed by atoms with van der Waals surface area (Å²) in [6.07, 6.45) is 7.75. The number of imidazole rings is 1. The zero-order valence-corrected chi connectivity index (χ0v) is 14.8. The minimum atomic E-state index is -0.410. The lowest BCUT2D eigenvalue weighted by molar-refractivity contribution is 0.146. The molecule has 2 unspecified atom stereocenters. The molecule has 2 atom stereocenters. The van der Waals surface area contributed by atoms with Crippen LogP contribution < -0.4 is 5.32 Å². The minimum Gasteiger partial charge on any atom is -0.336 e. The summed E-state index contributed by atoms with van der Waals surface area (Å²) in [5, 5.41) is 3.11. The number of carbonyl (C=O) groups excluding carboxylic acids is 1. The Kier molecular flexibility index (Phi) is 5.36. The van der Waals surface area contributed by atoms with Crippen LogP contribution in [0.3, 0.4) is 0 Å². The van der Waals surface area contributed by atoms with E-state index in [0.717, 1.165) is 37.2 Å². The number of amides is 2. The summed E-state index contributed by atoms with van der Waals surface area (Å²) in [4.78, 5) is 19.3. The number of hydrogen-bond acceptors (Lipinski definition) is 2. The van der Waals surface area contributed by atoms with Gasteiger partial charge in [-0.05, 0) is 43.4 Å². The molecule has 1 saturated heterocycles. The van der Waals surface area contributed by atoms with Gasteiger partial charge in [0.05, 0.1) is 0 Å². The summed E-state index contributed by atoms with van der Waals surface area (Å²) >= 11 is 0. The van der Waals surface area contributed by atoms with Crippen molar-refractivity contribution in [3.8, 4) is 0 Å². The van der Waals surface area contributed by atoms with Crippen molar-refractivity contribution in [3.63, 3.8) is 0 Å². The lowest BCUT2D eigenvalue weighted by Crippen LogP contribution is -2.49. The first-order valence-corrected chi connectivity index (χ1v) is 8.90. The predicted octanol–water partition coefficient (Wildman–Crippen LogP) is 3.62. The number of rotatable bonds is 4. The van der Waals surface area contributed by atoms with Gasteiger partial charge in [0.2, 0.25) is 0 Å². The monoisotopic (exact) mass is 344 g/mol. The van der Waals surface area contributed by atoms with Crippen LogP contribution >= 0.6 is 0 Å². The largest absolute Gasteiger partial charge is 0.336 e. The van der Waals surface area contributed by atoms with E-state index in [-0.39, 0.29) is 17.9 Å². The van der Waals surface area contributed by atoms with Gasteiger partial charge >= 0.3 is 6.03 Å². The van der Waals surface area contributed by atoms with Crippen LogP contribution in [0.2, 0.25) is 0 Å². The second-order valence-corrected chi connectivity index (χ2v) is 6.58. The highest BCUT2D eigenvalue weighted by Gasteiger charge is 2.28. The van der Waals surface area contributed by atoms with E-state index >= 15 is 0 Å². The highest BCUT2D eigenvalue weighted by Crippen LogP contribution is 2.24. The third-order valence-electron chi connectivity index (χ3n) is 4.95. The Hall–Kier alpha value is -2.37. The zero-order chi connectivity index (χ0) is 17.8. The summed E-state index contributed by atoms with van der Waals surface area (Å²) in [5.74, 6) is 0.431. The molecule has 0 bridgehead atoms. The molecule has 25 heavy (non-hydrogen) atoms. The average molecular weight is 344 g/mol. The van der Waals surface area contributed by atoms with Crippen molar-refractivity contribution in [2.45, 2.75) is 44.7 Å². The number of hydrogen-bond donors (Lipinski definition) is 1.